The van der Waals surface area contributed by atoms with Crippen molar-refractivity contribution in [1.82, 2.24) is 9.55 Å². The lowest BCUT2D eigenvalue weighted by atomic mass is 9.80. The van der Waals surface area contributed by atoms with Gasteiger partial charge < -0.3 is 24.0 Å². The molecule has 0 saturated heterocycles. The molecule has 0 fully saturated rings. The zero-order chi connectivity index (χ0) is 41.3. The van der Waals surface area contributed by atoms with E-state index in [4.69, 9.17) is 18.6 Å². The monoisotopic (exact) mass is 795 g/mol. The second-order valence-corrected chi connectivity index (χ2v) is 19.9. The van der Waals surface area contributed by atoms with Gasteiger partial charge in [0.1, 0.15) is 22.9 Å². The van der Waals surface area contributed by atoms with Crippen LogP contribution in [-0.4, -0.2) is 51.2 Å². The largest absolute Gasteiger partial charge is 0.497 e. The van der Waals surface area contributed by atoms with Crippen molar-refractivity contribution < 1.29 is 23.4 Å². The Morgan fingerprint density at radius 2 is 1.14 bits per heavy atom. The maximum absolute atomic E-state index is 14.1. The lowest BCUT2D eigenvalue weighted by Crippen LogP contribution is -2.67. The molecule has 0 saturated carbocycles. The van der Waals surface area contributed by atoms with Crippen molar-refractivity contribution in [3.63, 3.8) is 0 Å². The zero-order valence-corrected chi connectivity index (χ0v) is 35.3. The van der Waals surface area contributed by atoms with E-state index in [2.05, 4.69) is 55.3 Å². The summed E-state index contributed by atoms with van der Waals surface area (Å²) >= 11 is 0. The van der Waals surface area contributed by atoms with Crippen molar-refractivity contribution in [2.75, 3.05) is 32.8 Å². The highest BCUT2D eigenvalue weighted by Gasteiger charge is 2.50. The maximum atomic E-state index is 14.1. The summed E-state index contributed by atoms with van der Waals surface area (Å²) in [5.74, 6) is 1.08. The number of hydrogen-bond donors (Lipinski definition) is 1. The average Bonchev–Trinajstić information content (AvgIpc) is 3.24. The van der Waals surface area contributed by atoms with Gasteiger partial charge in [0.05, 0.1) is 33.5 Å². The number of hydrogen-bond acceptors (Lipinski definition) is 7. The van der Waals surface area contributed by atoms with E-state index in [1.165, 1.54) is 0 Å². The normalized spacial score (nSPS) is 12.6. The summed E-state index contributed by atoms with van der Waals surface area (Å²) < 4.78 is 27.5. The average molecular weight is 796 g/mol. The molecular formula is C48H53N3O6Si. The van der Waals surface area contributed by atoms with Gasteiger partial charge in [0, 0.05) is 12.1 Å². The fourth-order valence-electron chi connectivity index (χ4n) is 7.52. The van der Waals surface area contributed by atoms with E-state index in [1.807, 2.05) is 115 Å². The summed E-state index contributed by atoms with van der Waals surface area (Å²) in [5.41, 5.74) is 0.897. The Balaban J connectivity index is 1.52. The molecule has 0 unspecified atom stereocenters. The number of benzene rings is 5. The summed E-state index contributed by atoms with van der Waals surface area (Å²) in [6.45, 7) is 10.4. The van der Waals surface area contributed by atoms with Gasteiger partial charge in [-0.25, -0.2) is 4.79 Å². The van der Waals surface area contributed by atoms with Gasteiger partial charge in [0.25, 0.3) is 8.32 Å². The molecule has 1 N–H and O–H groups in total. The van der Waals surface area contributed by atoms with Crippen molar-refractivity contribution in [2.24, 2.45) is 5.92 Å². The Morgan fingerprint density at radius 3 is 1.57 bits per heavy atom. The van der Waals surface area contributed by atoms with Crippen LogP contribution >= 0.6 is 0 Å². The first-order chi connectivity index (χ1) is 27.9. The molecule has 5 aromatic carbocycles. The summed E-state index contributed by atoms with van der Waals surface area (Å²) in [6, 6.07) is 47.5. The molecule has 1 amide bonds. The standard InChI is InChI=1S/C48H53N3O6Si/c1-35(2)45(52)49-44-31-32-51(46(53)50-44)39(34-57-58(47(3,4)5,42-19-13-9-14-20-42)43-21-15-10-16-22-43)33-56-48(36-17-11-8-12-18-36,37-23-27-40(54-6)28-24-37)38-25-29-41(55-7)30-26-38/h8-32,35,39H,33-34H2,1-7H3,(H,49,50,52,53)/t39-/m0/s1. The zero-order valence-electron chi connectivity index (χ0n) is 34.3. The predicted octanol–water partition coefficient (Wildman–Crippen LogP) is 7.98. The molecule has 1 heterocycles. The quantitative estimate of drug-likeness (QED) is 0.0784. The van der Waals surface area contributed by atoms with Crippen LogP contribution in [0.3, 0.4) is 0 Å². The molecule has 6 rings (SSSR count). The van der Waals surface area contributed by atoms with Crippen LogP contribution in [0.2, 0.25) is 5.04 Å². The number of rotatable bonds is 16. The van der Waals surface area contributed by atoms with Crippen LogP contribution in [0.4, 0.5) is 5.82 Å². The molecule has 58 heavy (non-hydrogen) atoms. The highest BCUT2D eigenvalue weighted by Crippen LogP contribution is 2.43. The molecule has 0 aliphatic rings. The van der Waals surface area contributed by atoms with Crippen molar-refractivity contribution in [3.05, 3.63) is 179 Å². The number of ether oxygens (including phenoxy) is 3. The summed E-state index contributed by atoms with van der Waals surface area (Å²) in [6.07, 6.45) is 1.67. The van der Waals surface area contributed by atoms with Crippen molar-refractivity contribution in [2.45, 2.75) is 51.3 Å². The third kappa shape index (κ3) is 8.69. The second-order valence-electron chi connectivity index (χ2n) is 15.6. The summed E-state index contributed by atoms with van der Waals surface area (Å²) in [5, 5.41) is 4.67. The van der Waals surface area contributed by atoms with Gasteiger partial charge in [-0.3, -0.25) is 9.36 Å². The van der Waals surface area contributed by atoms with E-state index in [-0.39, 0.29) is 35.9 Å². The number of anilines is 1. The molecule has 9 nitrogen and oxygen atoms in total. The molecule has 0 aliphatic carbocycles. The smallest absolute Gasteiger partial charge is 0.349 e. The van der Waals surface area contributed by atoms with Crippen LogP contribution in [-0.2, 0) is 19.6 Å². The van der Waals surface area contributed by atoms with Crippen LogP contribution in [0.1, 0.15) is 57.4 Å². The maximum Gasteiger partial charge on any atom is 0.349 e. The number of nitrogens with one attached hydrogen (secondary N) is 1. The van der Waals surface area contributed by atoms with Crippen LogP contribution < -0.4 is 30.9 Å². The Hall–Kier alpha value is -5.81. The molecule has 6 aromatic rings. The minimum Gasteiger partial charge on any atom is -0.497 e. The van der Waals surface area contributed by atoms with Crippen LogP contribution in [0.15, 0.2) is 157 Å². The third-order valence-electron chi connectivity index (χ3n) is 10.6. The lowest BCUT2D eigenvalue weighted by Gasteiger charge is -2.44. The molecule has 0 radical (unpaired) electrons. The number of aromatic nitrogens is 2. The van der Waals surface area contributed by atoms with Crippen molar-refractivity contribution in [3.8, 4) is 11.5 Å². The van der Waals surface area contributed by atoms with Gasteiger partial charge in [-0.15, -0.1) is 0 Å². The molecule has 1 atom stereocenters. The molecule has 10 heteroatoms. The van der Waals surface area contributed by atoms with E-state index in [0.717, 1.165) is 27.1 Å². The predicted molar refractivity (Wildman–Crippen MR) is 233 cm³/mol. The van der Waals surface area contributed by atoms with Crippen molar-refractivity contribution in [1.29, 1.82) is 0 Å². The highest BCUT2D eigenvalue weighted by molar-refractivity contribution is 6.99. The molecule has 300 valence electrons. The van der Waals surface area contributed by atoms with Gasteiger partial charge in [0.15, 0.2) is 0 Å². The minimum atomic E-state index is -3.07. The van der Waals surface area contributed by atoms with E-state index in [9.17, 15) is 9.59 Å². The molecule has 0 spiro atoms. The molecule has 0 bridgehead atoms. The highest BCUT2D eigenvalue weighted by atomic mass is 28.4. The molecule has 1 aromatic heterocycles. The summed E-state index contributed by atoms with van der Waals surface area (Å²) in [4.78, 5) is 31.1. The van der Waals surface area contributed by atoms with Gasteiger partial charge in [-0.1, -0.05) is 150 Å². The van der Waals surface area contributed by atoms with Gasteiger partial charge >= 0.3 is 5.69 Å². The third-order valence-corrected chi connectivity index (χ3v) is 15.6. The van der Waals surface area contributed by atoms with Gasteiger partial charge in [-0.2, -0.15) is 4.98 Å². The minimum absolute atomic E-state index is 0.0322. The second kappa shape index (κ2) is 18.2. The van der Waals surface area contributed by atoms with E-state index in [1.54, 1.807) is 44.9 Å². The SMILES string of the molecule is COc1ccc(C(OC[C@@H](CO[Si](c2ccccc2)(c2ccccc2)C(C)(C)C)n2ccc(NC(=O)C(C)C)nc2=O)(c2ccccc2)c2ccc(OC)cc2)cc1. The van der Waals surface area contributed by atoms with E-state index >= 15 is 0 Å². The van der Waals surface area contributed by atoms with Crippen LogP contribution in [0, 0.1) is 5.92 Å². The number of carbonyl (C=O) groups excluding carboxylic acids is 1. The number of nitrogens with zero attached hydrogens (tertiary/aromatic N) is 2. The topological polar surface area (TPSA) is 101 Å². The van der Waals surface area contributed by atoms with Crippen LogP contribution in [0.25, 0.3) is 0 Å². The van der Waals surface area contributed by atoms with Crippen LogP contribution in [0.5, 0.6) is 11.5 Å². The lowest BCUT2D eigenvalue weighted by molar-refractivity contribution is -0.118. The first-order valence-electron chi connectivity index (χ1n) is 19.6. The molecule has 0 aliphatic heterocycles. The Labute approximate surface area is 342 Å². The number of amides is 1. The number of carbonyl (C=O) groups is 1. The van der Waals surface area contributed by atoms with E-state index in [0.29, 0.717) is 11.5 Å². The fourth-order valence-corrected chi connectivity index (χ4v) is 12.1. The fraction of sp³-hybridized carbons (Fsp3) is 0.271. The van der Waals surface area contributed by atoms with Crippen molar-refractivity contribution >= 4 is 30.4 Å². The van der Waals surface area contributed by atoms with E-state index < -0.39 is 25.7 Å². The summed E-state index contributed by atoms with van der Waals surface area (Å²) in [7, 11) is 0.208. The Morgan fingerprint density at radius 1 is 0.672 bits per heavy atom. The first kappa shape index (κ1) is 41.8. The number of methoxy groups -OCH3 is 2. The van der Waals surface area contributed by atoms with Gasteiger partial charge in [0.2, 0.25) is 5.91 Å². The first-order valence-corrected chi connectivity index (χ1v) is 21.5. The Bertz CT molecular complexity index is 2210. The Kier molecular flexibility index (Phi) is 13.1. The van der Waals surface area contributed by atoms with Gasteiger partial charge in [-0.05, 0) is 62.4 Å². The molecular weight excluding hydrogens is 743 g/mol.